The maximum absolute atomic E-state index is 11.8. The Kier molecular flexibility index (Phi) is 4.83. The van der Waals surface area contributed by atoms with Gasteiger partial charge in [-0.25, -0.2) is 0 Å². The van der Waals surface area contributed by atoms with Gasteiger partial charge >= 0.3 is 0 Å². The third kappa shape index (κ3) is 3.72. The van der Waals surface area contributed by atoms with E-state index >= 15 is 0 Å². The van der Waals surface area contributed by atoms with E-state index in [0.717, 1.165) is 37.9 Å². The van der Waals surface area contributed by atoms with E-state index in [9.17, 15) is 4.79 Å². The normalized spacial score (nSPS) is 17.1. The van der Waals surface area contributed by atoms with E-state index in [0.29, 0.717) is 6.42 Å². The summed E-state index contributed by atoms with van der Waals surface area (Å²) in [5.74, 6) is 1.09. The lowest BCUT2D eigenvalue weighted by molar-refractivity contribution is -0.121. The van der Waals surface area contributed by atoms with E-state index in [1.807, 2.05) is 6.07 Å². The monoisotopic (exact) mass is 261 g/mol. The zero-order valence-corrected chi connectivity index (χ0v) is 11.9. The quantitative estimate of drug-likeness (QED) is 0.800. The van der Waals surface area contributed by atoms with Crippen molar-refractivity contribution in [3.8, 4) is 5.75 Å². The van der Waals surface area contributed by atoms with Crippen LogP contribution in [-0.2, 0) is 17.6 Å². The molecule has 104 valence electrons. The summed E-state index contributed by atoms with van der Waals surface area (Å²) in [6, 6.07) is 6.44. The Labute approximate surface area is 115 Å². The minimum atomic E-state index is 0.193. The lowest BCUT2D eigenvalue weighted by Gasteiger charge is -2.11. The molecule has 0 heterocycles. The van der Waals surface area contributed by atoms with Gasteiger partial charge in [-0.15, -0.1) is 0 Å². The second-order valence-electron chi connectivity index (χ2n) is 5.26. The Morgan fingerprint density at radius 1 is 1.32 bits per heavy atom. The van der Waals surface area contributed by atoms with Crippen molar-refractivity contribution < 1.29 is 9.53 Å². The molecule has 0 spiro atoms. The van der Waals surface area contributed by atoms with Crippen LogP contribution in [0.4, 0.5) is 0 Å². The van der Waals surface area contributed by atoms with Crippen LogP contribution in [0, 0.1) is 0 Å². The molecule has 0 aliphatic heterocycles. The first-order valence-corrected chi connectivity index (χ1v) is 7.18. The maximum atomic E-state index is 11.8. The summed E-state index contributed by atoms with van der Waals surface area (Å²) in [5.41, 5.74) is 2.64. The maximum Gasteiger partial charge on any atom is 0.220 e. The molecule has 0 radical (unpaired) electrons. The predicted octanol–water partition coefficient (Wildman–Crippen LogP) is 2.86. The van der Waals surface area contributed by atoms with Gasteiger partial charge in [-0.05, 0) is 42.5 Å². The van der Waals surface area contributed by atoms with Crippen LogP contribution in [0.25, 0.3) is 0 Å². The third-order valence-electron chi connectivity index (χ3n) is 3.72. The minimum Gasteiger partial charge on any atom is -0.497 e. The Morgan fingerprint density at radius 3 is 2.84 bits per heavy atom. The fourth-order valence-corrected chi connectivity index (χ4v) is 2.66. The number of methoxy groups -OCH3 is 1. The fourth-order valence-electron chi connectivity index (χ4n) is 2.66. The molecular formula is C16H23NO2. The average Bonchev–Trinajstić information content (AvgIpc) is 2.79. The number of carbonyl (C=O) groups excluding carboxylic acids is 1. The van der Waals surface area contributed by atoms with E-state index in [4.69, 9.17) is 4.74 Å². The predicted molar refractivity (Wildman–Crippen MR) is 76.5 cm³/mol. The molecule has 1 amide bonds. The van der Waals surface area contributed by atoms with Crippen molar-refractivity contribution in [1.82, 2.24) is 5.32 Å². The zero-order valence-electron chi connectivity index (χ0n) is 11.9. The number of rotatable bonds is 6. The number of benzene rings is 1. The summed E-state index contributed by atoms with van der Waals surface area (Å²) in [7, 11) is 1.68. The van der Waals surface area contributed by atoms with Crippen LogP contribution in [0.3, 0.4) is 0 Å². The first-order valence-electron chi connectivity index (χ1n) is 7.18. The van der Waals surface area contributed by atoms with Gasteiger partial charge in [-0.3, -0.25) is 4.79 Å². The molecule has 0 aromatic heterocycles. The van der Waals surface area contributed by atoms with E-state index < -0.39 is 0 Å². The standard InChI is InChI=1S/C16H23NO2/c1-3-4-5-6-16(18)17-14-9-12-7-8-15(19-2)11-13(12)10-14/h7-8,11,14H,3-6,9-10H2,1-2H3,(H,17,18). The van der Waals surface area contributed by atoms with Crippen molar-refractivity contribution in [2.45, 2.75) is 51.5 Å². The molecule has 1 aliphatic carbocycles. The molecule has 1 atom stereocenters. The molecule has 1 unspecified atom stereocenters. The average molecular weight is 261 g/mol. The largest absolute Gasteiger partial charge is 0.497 e. The molecule has 2 rings (SSSR count). The highest BCUT2D eigenvalue weighted by atomic mass is 16.5. The van der Waals surface area contributed by atoms with Gasteiger partial charge in [-0.2, -0.15) is 0 Å². The van der Waals surface area contributed by atoms with E-state index in [1.165, 1.54) is 11.1 Å². The number of ether oxygens (including phenoxy) is 1. The number of nitrogens with one attached hydrogen (secondary N) is 1. The van der Waals surface area contributed by atoms with Crippen molar-refractivity contribution >= 4 is 5.91 Å². The lowest BCUT2D eigenvalue weighted by Crippen LogP contribution is -2.35. The highest BCUT2D eigenvalue weighted by molar-refractivity contribution is 5.76. The fraction of sp³-hybridized carbons (Fsp3) is 0.562. The molecule has 19 heavy (non-hydrogen) atoms. The Bertz CT molecular complexity index is 442. The van der Waals surface area contributed by atoms with E-state index in [-0.39, 0.29) is 11.9 Å². The number of fused-ring (bicyclic) bond motifs is 1. The van der Waals surface area contributed by atoms with Crippen LogP contribution in [0.2, 0.25) is 0 Å². The van der Waals surface area contributed by atoms with Crippen molar-refractivity contribution in [2.24, 2.45) is 0 Å². The highest BCUT2D eigenvalue weighted by Crippen LogP contribution is 2.26. The van der Waals surface area contributed by atoms with Gasteiger partial charge in [0.25, 0.3) is 0 Å². The Morgan fingerprint density at radius 2 is 2.11 bits per heavy atom. The van der Waals surface area contributed by atoms with E-state index in [2.05, 4.69) is 24.4 Å². The minimum absolute atomic E-state index is 0.193. The molecule has 0 bridgehead atoms. The van der Waals surface area contributed by atoms with Gasteiger partial charge in [0.05, 0.1) is 7.11 Å². The van der Waals surface area contributed by atoms with Gasteiger partial charge in [0.2, 0.25) is 5.91 Å². The molecular weight excluding hydrogens is 238 g/mol. The van der Waals surface area contributed by atoms with Gasteiger partial charge in [0.1, 0.15) is 5.75 Å². The van der Waals surface area contributed by atoms with Gasteiger partial charge in [-0.1, -0.05) is 25.8 Å². The molecule has 1 aromatic rings. The lowest BCUT2D eigenvalue weighted by atomic mass is 10.1. The van der Waals surface area contributed by atoms with Crippen LogP contribution in [-0.4, -0.2) is 19.1 Å². The Hall–Kier alpha value is -1.51. The Balaban J connectivity index is 1.84. The third-order valence-corrected chi connectivity index (χ3v) is 3.72. The summed E-state index contributed by atoms with van der Waals surface area (Å²) < 4.78 is 5.23. The summed E-state index contributed by atoms with van der Waals surface area (Å²) in [6.45, 7) is 2.15. The number of unbranched alkanes of at least 4 members (excludes halogenated alkanes) is 2. The molecule has 3 heteroatoms. The number of amides is 1. The van der Waals surface area contributed by atoms with Crippen molar-refractivity contribution in [3.05, 3.63) is 29.3 Å². The van der Waals surface area contributed by atoms with Gasteiger partial charge in [0.15, 0.2) is 0 Å². The van der Waals surface area contributed by atoms with Crippen LogP contribution in [0.15, 0.2) is 18.2 Å². The van der Waals surface area contributed by atoms with Crippen LogP contribution >= 0.6 is 0 Å². The van der Waals surface area contributed by atoms with Crippen LogP contribution in [0.5, 0.6) is 5.75 Å². The first-order chi connectivity index (χ1) is 9.22. The summed E-state index contributed by atoms with van der Waals surface area (Å²) in [4.78, 5) is 11.8. The zero-order chi connectivity index (χ0) is 13.7. The van der Waals surface area contributed by atoms with Crippen molar-refractivity contribution in [2.75, 3.05) is 7.11 Å². The van der Waals surface area contributed by atoms with E-state index in [1.54, 1.807) is 7.11 Å². The molecule has 1 N–H and O–H groups in total. The second-order valence-corrected chi connectivity index (χ2v) is 5.26. The second kappa shape index (κ2) is 6.60. The molecule has 0 saturated heterocycles. The molecule has 1 aliphatic rings. The van der Waals surface area contributed by atoms with Gasteiger partial charge in [0, 0.05) is 12.5 Å². The summed E-state index contributed by atoms with van der Waals surface area (Å²) in [5, 5.41) is 3.14. The smallest absolute Gasteiger partial charge is 0.220 e. The number of hydrogen-bond donors (Lipinski definition) is 1. The molecule has 1 aromatic carbocycles. The van der Waals surface area contributed by atoms with Crippen LogP contribution < -0.4 is 10.1 Å². The molecule has 0 saturated carbocycles. The molecule has 0 fully saturated rings. The molecule has 3 nitrogen and oxygen atoms in total. The number of hydrogen-bond acceptors (Lipinski definition) is 2. The summed E-state index contributed by atoms with van der Waals surface area (Å²) in [6.07, 6.45) is 5.81. The van der Waals surface area contributed by atoms with Crippen molar-refractivity contribution in [3.63, 3.8) is 0 Å². The highest BCUT2D eigenvalue weighted by Gasteiger charge is 2.22. The topological polar surface area (TPSA) is 38.3 Å². The summed E-state index contributed by atoms with van der Waals surface area (Å²) >= 11 is 0. The SMILES string of the molecule is CCCCCC(=O)NC1Cc2ccc(OC)cc2C1. The van der Waals surface area contributed by atoms with Gasteiger partial charge < -0.3 is 10.1 Å². The van der Waals surface area contributed by atoms with Crippen molar-refractivity contribution in [1.29, 1.82) is 0 Å². The first kappa shape index (κ1) is 13.9. The number of carbonyl (C=O) groups is 1. The van der Waals surface area contributed by atoms with Crippen LogP contribution in [0.1, 0.15) is 43.7 Å².